The van der Waals surface area contributed by atoms with Gasteiger partial charge in [0, 0.05) is 18.4 Å². The van der Waals surface area contributed by atoms with Crippen LogP contribution >= 0.6 is 0 Å². The highest BCUT2D eigenvalue weighted by Gasteiger charge is 2.43. The Hall–Kier alpha value is -0.970. The van der Waals surface area contributed by atoms with Gasteiger partial charge in [0.15, 0.2) is 5.79 Å². The van der Waals surface area contributed by atoms with Crippen LogP contribution in [0.4, 0.5) is 4.39 Å². The summed E-state index contributed by atoms with van der Waals surface area (Å²) >= 11 is 0. The second-order valence-corrected chi connectivity index (χ2v) is 6.38. The van der Waals surface area contributed by atoms with Crippen molar-refractivity contribution < 1.29 is 18.6 Å². The zero-order valence-corrected chi connectivity index (χ0v) is 12.6. The minimum atomic E-state index is -0.509. The van der Waals surface area contributed by atoms with Gasteiger partial charge in [0.25, 0.3) is 0 Å². The summed E-state index contributed by atoms with van der Waals surface area (Å²) in [5.74, 6) is -0.624. The number of hydrogen-bond donors (Lipinski definition) is 0. The molecule has 4 heteroatoms. The molecule has 1 aromatic rings. The maximum atomic E-state index is 13.6. The highest BCUT2D eigenvalue weighted by Crippen LogP contribution is 2.38. The van der Waals surface area contributed by atoms with Crippen LogP contribution in [0.15, 0.2) is 24.3 Å². The summed E-state index contributed by atoms with van der Waals surface area (Å²) in [5, 5.41) is 0. The molecule has 0 unspecified atom stereocenters. The van der Waals surface area contributed by atoms with E-state index in [1.807, 2.05) is 13.0 Å². The maximum absolute atomic E-state index is 13.6. The first-order chi connectivity index (χ1) is 10.1. The normalized spacial score (nSPS) is 24.1. The van der Waals surface area contributed by atoms with Gasteiger partial charge in [0.05, 0.1) is 19.8 Å². The number of benzene rings is 1. The third-order valence-corrected chi connectivity index (χ3v) is 4.43. The van der Waals surface area contributed by atoms with Crippen LogP contribution in [-0.4, -0.2) is 24.6 Å². The molecule has 21 heavy (non-hydrogen) atoms. The van der Waals surface area contributed by atoms with Crippen molar-refractivity contribution in [3.8, 4) is 0 Å². The fourth-order valence-electron chi connectivity index (χ4n) is 2.98. The first kappa shape index (κ1) is 14.9. The summed E-state index contributed by atoms with van der Waals surface area (Å²) < 4.78 is 31.5. The molecule has 0 N–H and O–H groups in total. The third kappa shape index (κ3) is 3.44. The van der Waals surface area contributed by atoms with E-state index in [0.717, 1.165) is 25.7 Å². The van der Waals surface area contributed by atoms with Gasteiger partial charge in [-0.3, -0.25) is 0 Å². The van der Waals surface area contributed by atoms with E-state index in [4.69, 9.17) is 14.2 Å². The van der Waals surface area contributed by atoms with Gasteiger partial charge in [0.2, 0.25) is 0 Å². The lowest BCUT2D eigenvalue weighted by molar-refractivity contribution is -0.332. The second-order valence-electron chi connectivity index (χ2n) is 6.38. The molecule has 2 aliphatic rings. The molecule has 2 fully saturated rings. The SMILES string of the molecule is CC1(OCc2ccccc2F)COC2(CCCCC2)OC1. The van der Waals surface area contributed by atoms with Gasteiger partial charge in [-0.05, 0) is 25.8 Å². The molecule has 0 amide bonds. The molecule has 1 spiro atoms. The van der Waals surface area contributed by atoms with Crippen LogP contribution in [0.1, 0.15) is 44.6 Å². The molecule has 0 atom stereocenters. The van der Waals surface area contributed by atoms with E-state index < -0.39 is 5.60 Å². The Bertz CT molecular complexity index is 473. The fourth-order valence-corrected chi connectivity index (χ4v) is 2.98. The number of rotatable bonds is 3. The van der Waals surface area contributed by atoms with E-state index in [1.165, 1.54) is 12.5 Å². The molecule has 116 valence electrons. The van der Waals surface area contributed by atoms with E-state index in [2.05, 4.69) is 0 Å². The number of ether oxygens (including phenoxy) is 3. The van der Waals surface area contributed by atoms with Crippen molar-refractivity contribution in [2.45, 2.75) is 57.0 Å². The summed E-state index contributed by atoms with van der Waals surface area (Å²) in [6.45, 7) is 3.20. The molecular formula is C17H23FO3. The largest absolute Gasteiger partial charge is 0.366 e. The minimum absolute atomic E-state index is 0.234. The Morgan fingerprint density at radius 2 is 1.76 bits per heavy atom. The lowest BCUT2D eigenvalue weighted by Crippen LogP contribution is -2.54. The zero-order valence-electron chi connectivity index (χ0n) is 12.6. The van der Waals surface area contributed by atoms with E-state index in [-0.39, 0.29) is 18.2 Å². The van der Waals surface area contributed by atoms with Crippen LogP contribution in [-0.2, 0) is 20.8 Å². The van der Waals surface area contributed by atoms with Gasteiger partial charge in [-0.2, -0.15) is 0 Å². The first-order valence-electron chi connectivity index (χ1n) is 7.76. The summed E-state index contributed by atoms with van der Waals surface area (Å²) in [5.41, 5.74) is 0.0574. The standard InChI is InChI=1S/C17H23FO3/c1-16(19-11-14-7-3-4-8-15(14)18)12-20-17(21-13-16)9-5-2-6-10-17/h3-4,7-8H,2,5-6,9-13H2,1H3. The number of halogens is 1. The summed E-state index contributed by atoms with van der Waals surface area (Å²) in [6, 6.07) is 6.69. The predicted octanol–water partition coefficient (Wildman–Crippen LogP) is 3.81. The van der Waals surface area contributed by atoms with Gasteiger partial charge >= 0.3 is 0 Å². The summed E-state index contributed by atoms with van der Waals surface area (Å²) in [6.07, 6.45) is 5.52. The first-order valence-corrected chi connectivity index (χ1v) is 7.76. The molecule has 3 nitrogen and oxygen atoms in total. The van der Waals surface area contributed by atoms with Crippen molar-refractivity contribution in [3.05, 3.63) is 35.6 Å². The van der Waals surface area contributed by atoms with E-state index >= 15 is 0 Å². The molecule has 0 aromatic heterocycles. The fraction of sp³-hybridized carbons (Fsp3) is 0.647. The minimum Gasteiger partial charge on any atom is -0.366 e. The van der Waals surface area contributed by atoms with Crippen LogP contribution in [0.2, 0.25) is 0 Å². The Balaban J connectivity index is 1.56. The van der Waals surface area contributed by atoms with Crippen molar-refractivity contribution in [1.82, 2.24) is 0 Å². The summed E-state index contributed by atoms with van der Waals surface area (Å²) in [4.78, 5) is 0. The Morgan fingerprint density at radius 3 is 2.43 bits per heavy atom. The molecule has 1 heterocycles. The Morgan fingerprint density at radius 1 is 1.10 bits per heavy atom. The Labute approximate surface area is 125 Å². The van der Waals surface area contributed by atoms with Gasteiger partial charge < -0.3 is 14.2 Å². The van der Waals surface area contributed by atoms with Gasteiger partial charge in [0.1, 0.15) is 11.4 Å². The van der Waals surface area contributed by atoms with Gasteiger partial charge in [-0.25, -0.2) is 4.39 Å². The van der Waals surface area contributed by atoms with Crippen LogP contribution in [0.25, 0.3) is 0 Å². The second kappa shape index (κ2) is 6.03. The lowest BCUT2D eigenvalue weighted by atomic mass is 9.92. The summed E-state index contributed by atoms with van der Waals surface area (Å²) in [7, 11) is 0. The monoisotopic (exact) mass is 294 g/mol. The van der Waals surface area contributed by atoms with Crippen LogP contribution in [0, 0.1) is 5.82 Å². The van der Waals surface area contributed by atoms with E-state index in [9.17, 15) is 4.39 Å². The molecule has 1 aliphatic carbocycles. The van der Waals surface area contributed by atoms with Crippen molar-refractivity contribution in [3.63, 3.8) is 0 Å². The highest BCUT2D eigenvalue weighted by atomic mass is 19.1. The highest BCUT2D eigenvalue weighted by molar-refractivity contribution is 5.16. The Kier molecular flexibility index (Phi) is 4.29. The molecule has 1 saturated heterocycles. The predicted molar refractivity (Wildman–Crippen MR) is 77.3 cm³/mol. The van der Waals surface area contributed by atoms with Crippen LogP contribution in [0.3, 0.4) is 0 Å². The van der Waals surface area contributed by atoms with Crippen LogP contribution in [0.5, 0.6) is 0 Å². The van der Waals surface area contributed by atoms with E-state index in [0.29, 0.717) is 18.8 Å². The van der Waals surface area contributed by atoms with E-state index in [1.54, 1.807) is 12.1 Å². The molecular weight excluding hydrogens is 271 g/mol. The molecule has 1 aliphatic heterocycles. The average molecular weight is 294 g/mol. The topological polar surface area (TPSA) is 27.7 Å². The lowest BCUT2D eigenvalue weighted by Gasteiger charge is -2.46. The van der Waals surface area contributed by atoms with Crippen molar-refractivity contribution in [2.75, 3.05) is 13.2 Å². The molecule has 1 saturated carbocycles. The third-order valence-electron chi connectivity index (χ3n) is 4.43. The van der Waals surface area contributed by atoms with Crippen LogP contribution < -0.4 is 0 Å². The zero-order chi connectivity index (χ0) is 14.8. The van der Waals surface area contributed by atoms with Crippen molar-refractivity contribution >= 4 is 0 Å². The van der Waals surface area contributed by atoms with Gasteiger partial charge in [-0.1, -0.05) is 24.6 Å². The molecule has 0 bridgehead atoms. The quantitative estimate of drug-likeness (QED) is 0.848. The van der Waals surface area contributed by atoms with Gasteiger partial charge in [-0.15, -0.1) is 0 Å². The maximum Gasteiger partial charge on any atom is 0.168 e. The molecule has 1 aromatic carbocycles. The van der Waals surface area contributed by atoms with Crippen molar-refractivity contribution in [1.29, 1.82) is 0 Å². The molecule has 3 rings (SSSR count). The smallest absolute Gasteiger partial charge is 0.168 e. The number of hydrogen-bond acceptors (Lipinski definition) is 3. The average Bonchev–Trinajstić information content (AvgIpc) is 2.51. The molecule has 0 radical (unpaired) electrons. The van der Waals surface area contributed by atoms with Crippen molar-refractivity contribution in [2.24, 2.45) is 0 Å².